The zero-order valence-corrected chi connectivity index (χ0v) is 14.2. The van der Waals surface area contributed by atoms with Crippen LogP contribution in [-0.4, -0.2) is 21.0 Å². The largest absolute Gasteiger partial charge is 0.352 e. The molecular weight excluding hydrogens is 340 g/mol. The van der Waals surface area contributed by atoms with Crippen molar-refractivity contribution in [3.8, 4) is 11.4 Å². The second kappa shape index (κ2) is 8.39. The third kappa shape index (κ3) is 5.12. The number of aryl methyl sites for hydroxylation is 1. The predicted octanol–water partition coefficient (Wildman–Crippen LogP) is 3.42. The van der Waals surface area contributed by atoms with Crippen LogP contribution in [0.3, 0.4) is 0 Å². The number of carbonyl (C=O) groups excluding carboxylic acids is 1. The Morgan fingerprint density at radius 1 is 1.20 bits per heavy atom. The van der Waals surface area contributed by atoms with Crippen molar-refractivity contribution >= 4 is 17.5 Å². The molecule has 1 aromatic carbocycles. The minimum atomic E-state index is -0.0127. The first-order chi connectivity index (χ1) is 12.2. The summed E-state index contributed by atoms with van der Waals surface area (Å²) in [5.74, 6) is 1.03. The van der Waals surface area contributed by atoms with E-state index >= 15 is 0 Å². The van der Waals surface area contributed by atoms with Crippen LogP contribution in [0.15, 0.2) is 53.3 Å². The molecule has 0 aliphatic carbocycles. The van der Waals surface area contributed by atoms with Crippen molar-refractivity contribution in [2.45, 2.75) is 25.8 Å². The standard InChI is InChI=1S/C18H17ClN4O2/c19-15-8-6-14(7-9-15)18-22-17(25-23-18)5-1-4-16(24)21-12-13-3-2-10-20-11-13/h2-3,6-11H,1,4-5,12H2,(H,21,24). The number of nitrogens with zero attached hydrogens (tertiary/aromatic N) is 3. The van der Waals surface area contributed by atoms with Crippen LogP contribution in [0, 0.1) is 0 Å². The Morgan fingerprint density at radius 3 is 2.80 bits per heavy atom. The topological polar surface area (TPSA) is 80.9 Å². The molecule has 2 aromatic heterocycles. The van der Waals surface area contributed by atoms with Gasteiger partial charge in [0.05, 0.1) is 0 Å². The molecule has 0 spiro atoms. The van der Waals surface area contributed by atoms with Gasteiger partial charge in [-0.15, -0.1) is 0 Å². The van der Waals surface area contributed by atoms with E-state index in [4.69, 9.17) is 16.1 Å². The highest BCUT2D eigenvalue weighted by atomic mass is 35.5. The van der Waals surface area contributed by atoms with Crippen molar-refractivity contribution in [3.05, 3.63) is 65.3 Å². The maximum Gasteiger partial charge on any atom is 0.226 e. The number of benzene rings is 1. The molecule has 0 atom stereocenters. The molecule has 1 N–H and O–H groups in total. The van der Waals surface area contributed by atoms with Crippen molar-refractivity contribution in [1.29, 1.82) is 0 Å². The molecule has 2 heterocycles. The van der Waals surface area contributed by atoms with Crippen LogP contribution in [-0.2, 0) is 17.8 Å². The quantitative estimate of drug-likeness (QED) is 0.701. The van der Waals surface area contributed by atoms with Gasteiger partial charge < -0.3 is 9.84 Å². The lowest BCUT2D eigenvalue weighted by Crippen LogP contribution is -2.22. The maximum atomic E-state index is 11.9. The molecule has 3 rings (SSSR count). The predicted molar refractivity (Wildman–Crippen MR) is 93.8 cm³/mol. The number of amides is 1. The van der Waals surface area contributed by atoms with Crippen LogP contribution in [0.25, 0.3) is 11.4 Å². The number of rotatable bonds is 7. The molecule has 128 valence electrons. The summed E-state index contributed by atoms with van der Waals surface area (Å²) >= 11 is 5.86. The normalized spacial score (nSPS) is 10.6. The summed E-state index contributed by atoms with van der Waals surface area (Å²) in [6, 6.07) is 11.0. The maximum absolute atomic E-state index is 11.9. The lowest BCUT2D eigenvalue weighted by atomic mass is 10.2. The molecule has 3 aromatic rings. The van der Waals surface area contributed by atoms with Crippen molar-refractivity contribution in [2.24, 2.45) is 0 Å². The lowest BCUT2D eigenvalue weighted by molar-refractivity contribution is -0.121. The van der Waals surface area contributed by atoms with Crippen molar-refractivity contribution in [2.75, 3.05) is 0 Å². The van der Waals surface area contributed by atoms with Crippen LogP contribution in [0.4, 0.5) is 0 Å². The molecule has 0 unspecified atom stereocenters. The van der Waals surface area contributed by atoms with Gasteiger partial charge in [0.25, 0.3) is 0 Å². The molecule has 0 aliphatic rings. The van der Waals surface area contributed by atoms with E-state index in [1.807, 2.05) is 24.3 Å². The van der Waals surface area contributed by atoms with Crippen LogP contribution in [0.1, 0.15) is 24.3 Å². The van der Waals surface area contributed by atoms with E-state index in [1.165, 1.54) is 0 Å². The molecule has 25 heavy (non-hydrogen) atoms. The van der Waals surface area contributed by atoms with Crippen LogP contribution < -0.4 is 5.32 Å². The fraction of sp³-hybridized carbons (Fsp3) is 0.222. The Morgan fingerprint density at radius 2 is 2.04 bits per heavy atom. The molecule has 0 saturated carbocycles. The Labute approximate surface area is 150 Å². The van der Waals surface area contributed by atoms with Crippen LogP contribution in [0.5, 0.6) is 0 Å². The first-order valence-electron chi connectivity index (χ1n) is 7.95. The van der Waals surface area contributed by atoms with Gasteiger partial charge in [-0.2, -0.15) is 4.98 Å². The molecule has 0 saturated heterocycles. The summed E-state index contributed by atoms with van der Waals surface area (Å²) in [4.78, 5) is 20.2. The summed E-state index contributed by atoms with van der Waals surface area (Å²) in [6.07, 6.45) is 5.03. The molecule has 0 bridgehead atoms. The lowest BCUT2D eigenvalue weighted by Gasteiger charge is -2.04. The van der Waals surface area contributed by atoms with E-state index < -0.39 is 0 Å². The number of carbonyl (C=O) groups is 1. The van der Waals surface area contributed by atoms with Gasteiger partial charge in [-0.05, 0) is 42.3 Å². The monoisotopic (exact) mass is 356 g/mol. The van der Waals surface area contributed by atoms with Gasteiger partial charge in [-0.3, -0.25) is 9.78 Å². The number of pyridine rings is 1. The minimum absolute atomic E-state index is 0.0127. The summed E-state index contributed by atoms with van der Waals surface area (Å²) in [5.41, 5.74) is 1.81. The highest BCUT2D eigenvalue weighted by molar-refractivity contribution is 6.30. The molecule has 0 radical (unpaired) electrons. The van der Waals surface area contributed by atoms with Gasteiger partial charge in [0.2, 0.25) is 17.6 Å². The second-order valence-electron chi connectivity index (χ2n) is 5.51. The van der Waals surface area contributed by atoms with Crippen LogP contribution in [0.2, 0.25) is 5.02 Å². The van der Waals surface area contributed by atoms with Gasteiger partial charge in [0.15, 0.2) is 0 Å². The minimum Gasteiger partial charge on any atom is -0.352 e. The SMILES string of the molecule is O=C(CCCc1nc(-c2ccc(Cl)cc2)no1)NCc1cccnc1. The van der Waals surface area contributed by atoms with Gasteiger partial charge in [0.1, 0.15) is 0 Å². The fourth-order valence-corrected chi connectivity index (χ4v) is 2.39. The second-order valence-corrected chi connectivity index (χ2v) is 5.95. The first kappa shape index (κ1) is 17.1. The molecule has 0 fully saturated rings. The van der Waals surface area contributed by atoms with E-state index in [-0.39, 0.29) is 5.91 Å². The van der Waals surface area contributed by atoms with Gasteiger partial charge in [0, 0.05) is 42.4 Å². The van der Waals surface area contributed by atoms with Crippen molar-refractivity contribution in [3.63, 3.8) is 0 Å². The highest BCUT2D eigenvalue weighted by Gasteiger charge is 2.09. The molecular formula is C18H17ClN4O2. The zero-order valence-electron chi connectivity index (χ0n) is 13.5. The average molecular weight is 357 g/mol. The summed E-state index contributed by atoms with van der Waals surface area (Å²) < 4.78 is 5.23. The third-order valence-electron chi connectivity index (χ3n) is 3.58. The fourth-order valence-electron chi connectivity index (χ4n) is 2.26. The molecule has 7 heteroatoms. The Kier molecular flexibility index (Phi) is 5.74. The summed E-state index contributed by atoms with van der Waals surface area (Å²) in [7, 11) is 0. The Bertz CT molecular complexity index is 819. The Balaban J connectivity index is 1.43. The number of halogens is 1. The highest BCUT2D eigenvalue weighted by Crippen LogP contribution is 2.19. The summed E-state index contributed by atoms with van der Waals surface area (Å²) in [5, 5.41) is 7.47. The first-order valence-corrected chi connectivity index (χ1v) is 8.32. The van der Waals surface area contributed by atoms with E-state index in [0.717, 1.165) is 11.1 Å². The number of hydrogen-bond donors (Lipinski definition) is 1. The Hall–Kier alpha value is -2.73. The zero-order chi connectivity index (χ0) is 17.5. The van der Waals surface area contributed by atoms with E-state index in [2.05, 4.69) is 20.4 Å². The van der Waals surface area contributed by atoms with E-state index in [1.54, 1.807) is 24.5 Å². The number of hydrogen-bond acceptors (Lipinski definition) is 5. The molecule has 1 amide bonds. The molecule has 6 nitrogen and oxygen atoms in total. The average Bonchev–Trinajstić information content (AvgIpc) is 3.10. The third-order valence-corrected chi connectivity index (χ3v) is 3.83. The van der Waals surface area contributed by atoms with Crippen molar-refractivity contribution < 1.29 is 9.32 Å². The van der Waals surface area contributed by atoms with Crippen molar-refractivity contribution in [1.82, 2.24) is 20.4 Å². The van der Waals surface area contributed by atoms with Crippen LogP contribution >= 0.6 is 11.6 Å². The van der Waals surface area contributed by atoms with Gasteiger partial charge in [-0.1, -0.05) is 22.8 Å². The smallest absolute Gasteiger partial charge is 0.226 e. The van der Waals surface area contributed by atoms with E-state index in [9.17, 15) is 4.79 Å². The van der Waals surface area contributed by atoms with Gasteiger partial charge >= 0.3 is 0 Å². The molecule has 0 aliphatic heterocycles. The van der Waals surface area contributed by atoms with E-state index in [0.29, 0.717) is 42.5 Å². The number of nitrogens with one attached hydrogen (secondary N) is 1. The van der Waals surface area contributed by atoms with Gasteiger partial charge in [-0.25, -0.2) is 0 Å². The summed E-state index contributed by atoms with van der Waals surface area (Å²) in [6.45, 7) is 0.480. The number of aromatic nitrogens is 3.